The van der Waals surface area contributed by atoms with Gasteiger partial charge in [-0.25, -0.2) is 9.97 Å². The molecule has 0 fully saturated rings. The van der Waals surface area contributed by atoms with Crippen LogP contribution >= 0.6 is 0 Å². The summed E-state index contributed by atoms with van der Waals surface area (Å²) in [5.41, 5.74) is 6.45. The lowest BCUT2D eigenvalue weighted by Crippen LogP contribution is -2.36. The predicted molar refractivity (Wildman–Crippen MR) is 115 cm³/mol. The molecule has 4 rings (SSSR count). The Morgan fingerprint density at radius 3 is 2.45 bits per heavy atom. The van der Waals surface area contributed by atoms with Gasteiger partial charge in [0.25, 0.3) is 5.91 Å². The van der Waals surface area contributed by atoms with Crippen molar-refractivity contribution in [3.05, 3.63) is 82.7 Å². The zero-order valence-electron chi connectivity index (χ0n) is 17.0. The molecule has 2 heterocycles. The standard InChI is InChI=1S/C24H26N4O/c1-3-17-10-7-11-18(4-2)22(17)27-24-25-14-12-21(26-24)23(29)28-15-13-19-8-5-6-9-20(19)16-28/h5-12,14H,3-4,13,15-16H2,1-2H3,(H,25,26,27). The van der Waals surface area contributed by atoms with Gasteiger partial charge in [0.05, 0.1) is 0 Å². The van der Waals surface area contributed by atoms with E-state index in [1.807, 2.05) is 11.0 Å². The maximum absolute atomic E-state index is 13.1. The van der Waals surface area contributed by atoms with Crippen molar-refractivity contribution in [3.63, 3.8) is 0 Å². The Kier molecular flexibility index (Phi) is 5.56. The minimum atomic E-state index is -0.0514. The number of carbonyl (C=O) groups is 1. The number of hydrogen-bond acceptors (Lipinski definition) is 4. The summed E-state index contributed by atoms with van der Waals surface area (Å²) in [6.07, 6.45) is 4.37. The fourth-order valence-corrected chi connectivity index (χ4v) is 3.88. The van der Waals surface area contributed by atoms with Crippen LogP contribution in [-0.2, 0) is 25.8 Å². The van der Waals surface area contributed by atoms with Crippen molar-refractivity contribution in [1.82, 2.24) is 14.9 Å². The van der Waals surface area contributed by atoms with Crippen molar-refractivity contribution < 1.29 is 4.79 Å². The van der Waals surface area contributed by atoms with Gasteiger partial charge in [-0.15, -0.1) is 0 Å². The largest absolute Gasteiger partial charge is 0.333 e. The molecule has 5 nitrogen and oxygen atoms in total. The number of amides is 1. The zero-order valence-corrected chi connectivity index (χ0v) is 17.0. The normalized spacial score (nSPS) is 13.1. The van der Waals surface area contributed by atoms with Gasteiger partial charge in [-0.05, 0) is 47.6 Å². The lowest BCUT2D eigenvalue weighted by atomic mass is 10.00. The highest BCUT2D eigenvalue weighted by Gasteiger charge is 2.23. The number of hydrogen-bond donors (Lipinski definition) is 1. The third-order valence-electron chi connectivity index (χ3n) is 5.53. The van der Waals surface area contributed by atoms with Crippen molar-refractivity contribution in [2.24, 2.45) is 0 Å². The number of aromatic nitrogens is 2. The van der Waals surface area contributed by atoms with E-state index < -0.39 is 0 Å². The number of benzene rings is 2. The third-order valence-corrected chi connectivity index (χ3v) is 5.53. The number of nitrogens with zero attached hydrogens (tertiary/aromatic N) is 3. The molecule has 0 bridgehead atoms. The summed E-state index contributed by atoms with van der Waals surface area (Å²) in [5.74, 6) is 0.410. The molecule has 2 aromatic carbocycles. The van der Waals surface area contributed by atoms with Gasteiger partial charge in [-0.1, -0.05) is 56.3 Å². The van der Waals surface area contributed by atoms with Gasteiger partial charge >= 0.3 is 0 Å². The van der Waals surface area contributed by atoms with Crippen LogP contribution in [0.4, 0.5) is 11.6 Å². The van der Waals surface area contributed by atoms with Crippen LogP contribution in [0, 0.1) is 0 Å². The molecule has 0 saturated carbocycles. The first-order valence-electron chi connectivity index (χ1n) is 10.3. The third kappa shape index (κ3) is 3.99. The summed E-state index contributed by atoms with van der Waals surface area (Å²) in [5, 5.41) is 3.36. The molecule has 3 aromatic rings. The number of anilines is 2. The van der Waals surface area contributed by atoms with E-state index in [1.165, 1.54) is 22.3 Å². The Balaban J connectivity index is 1.56. The van der Waals surface area contributed by atoms with Gasteiger partial charge in [0.1, 0.15) is 5.69 Å². The summed E-state index contributed by atoms with van der Waals surface area (Å²) in [6, 6.07) is 16.3. The van der Waals surface area contributed by atoms with E-state index >= 15 is 0 Å². The molecule has 0 aliphatic carbocycles. The van der Waals surface area contributed by atoms with Crippen molar-refractivity contribution >= 4 is 17.5 Å². The number of aryl methyl sites for hydroxylation is 2. The van der Waals surface area contributed by atoms with Gasteiger partial charge in [-0.3, -0.25) is 4.79 Å². The summed E-state index contributed by atoms with van der Waals surface area (Å²) < 4.78 is 0. The molecule has 5 heteroatoms. The molecule has 0 radical (unpaired) electrons. The molecule has 0 atom stereocenters. The Bertz CT molecular complexity index is 1010. The van der Waals surface area contributed by atoms with Gasteiger partial charge in [0, 0.05) is 25.0 Å². The van der Waals surface area contributed by atoms with Gasteiger partial charge in [0.15, 0.2) is 0 Å². The number of fused-ring (bicyclic) bond motifs is 1. The number of rotatable bonds is 5. The highest BCUT2D eigenvalue weighted by molar-refractivity contribution is 5.92. The smallest absolute Gasteiger partial charge is 0.272 e. The van der Waals surface area contributed by atoms with E-state index in [1.54, 1.807) is 12.3 Å². The van der Waals surface area contributed by atoms with Crippen molar-refractivity contribution in [1.29, 1.82) is 0 Å². The van der Waals surface area contributed by atoms with Crippen LogP contribution in [0.1, 0.15) is 46.6 Å². The second kappa shape index (κ2) is 8.43. The Labute approximate surface area is 171 Å². The summed E-state index contributed by atoms with van der Waals surface area (Å²) >= 11 is 0. The molecule has 0 unspecified atom stereocenters. The van der Waals surface area contributed by atoms with Gasteiger partial charge in [0.2, 0.25) is 5.95 Å². The van der Waals surface area contributed by atoms with Crippen LogP contribution in [0.15, 0.2) is 54.7 Å². The van der Waals surface area contributed by atoms with E-state index in [2.05, 4.69) is 65.5 Å². The minimum Gasteiger partial charge on any atom is -0.333 e. The second-order valence-electron chi connectivity index (χ2n) is 7.29. The summed E-state index contributed by atoms with van der Waals surface area (Å²) in [4.78, 5) is 23.8. The lowest BCUT2D eigenvalue weighted by molar-refractivity contribution is 0.0728. The van der Waals surface area contributed by atoms with Crippen LogP contribution in [0.5, 0.6) is 0 Å². The van der Waals surface area contributed by atoms with Crippen LogP contribution in [0.2, 0.25) is 0 Å². The molecule has 1 aliphatic rings. The van der Waals surface area contributed by atoms with E-state index in [0.29, 0.717) is 24.7 Å². The first kappa shape index (κ1) is 19.1. The molecule has 1 aliphatic heterocycles. The van der Waals surface area contributed by atoms with E-state index in [-0.39, 0.29) is 5.91 Å². The maximum Gasteiger partial charge on any atom is 0.272 e. The molecule has 148 valence electrons. The molecular weight excluding hydrogens is 360 g/mol. The molecular formula is C24H26N4O. The highest BCUT2D eigenvalue weighted by Crippen LogP contribution is 2.25. The lowest BCUT2D eigenvalue weighted by Gasteiger charge is -2.28. The molecule has 0 spiro atoms. The topological polar surface area (TPSA) is 58.1 Å². The Morgan fingerprint density at radius 2 is 1.72 bits per heavy atom. The Morgan fingerprint density at radius 1 is 1.00 bits per heavy atom. The van der Waals surface area contributed by atoms with Crippen molar-refractivity contribution in [3.8, 4) is 0 Å². The van der Waals surface area contributed by atoms with Crippen LogP contribution in [0.3, 0.4) is 0 Å². The second-order valence-corrected chi connectivity index (χ2v) is 7.29. The Hall–Kier alpha value is -3.21. The van der Waals surface area contributed by atoms with E-state index in [9.17, 15) is 4.79 Å². The van der Waals surface area contributed by atoms with Crippen molar-refractivity contribution in [2.45, 2.75) is 39.7 Å². The maximum atomic E-state index is 13.1. The molecule has 29 heavy (non-hydrogen) atoms. The first-order chi connectivity index (χ1) is 14.2. The molecule has 1 amide bonds. The van der Waals surface area contributed by atoms with Gasteiger partial charge < -0.3 is 10.2 Å². The number of nitrogens with one attached hydrogen (secondary N) is 1. The van der Waals surface area contributed by atoms with Crippen molar-refractivity contribution in [2.75, 3.05) is 11.9 Å². The first-order valence-corrected chi connectivity index (χ1v) is 10.3. The number of para-hydroxylation sites is 1. The minimum absolute atomic E-state index is 0.0514. The SMILES string of the molecule is CCc1cccc(CC)c1Nc1nccc(C(=O)N2CCc3ccccc3C2)n1. The predicted octanol–water partition coefficient (Wildman–Crippen LogP) is 4.54. The highest BCUT2D eigenvalue weighted by atomic mass is 16.2. The average molecular weight is 386 g/mol. The fraction of sp³-hybridized carbons (Fsp3) is 0.292. The molecule has 1 aromatic heterocycles. The average Bonchev–Trinajstić information content (AvgIpc) is 2.78. The van der Waals surface area contributed by atoms with E-state index in [0.717, 1.165) is 24.9 Å². The summed E-state index contributed by atoms with van der Waals surface area (Å²) in [6.45, 7) is 5.60. The van der Waals surface area contributed by atoms with Crippen LogP contribution in [0.25, 0.3) is 0 Å². The van der Waals surface area contributed by atoms with E-state index in [4.69, 9.17) is 0 Å². The monoisotopic (exact) mass is 386 g/mol. The molecule has 1 N–H and O–H groups in total. The van der Waals surface area contributed by atoms with Gasteiger partial charge in [-0.2, -0.15) is 0 Å². The number of carbonyl (C=O) groups excluding carboxylic acids is 1. The quantitative estimate of drug-likeness (QED) is 0.699. The van der Waals surface area contributed by atoms with Crippen LogP contribution < -0.4 is 5.32 Å². The summed E-state index contributed by atoms with van der Waals surface area (Å²) in [7, 11) is 0. The molecule has 0 saturated heterocycles. The zero-order chi connectivity index (χ0) is 20.2. The fourth-order valence-electron chi connectivity index (χ4n) is 3.88. The van der Waals surface area contributed by atoms with Crippen LogP contribution in [-0.4, -0.2) is 27.3 Å².